The molecule has 0 radical (unpaired) electrons. The molecule has 30 heavy (non-hydrogen) atoms. The summed E-state index contributed by atoms with van der Waals surface area (Å²) in [7, 11) is 0. The smallest absolute Gasteiger partial charge is 0.243 e. The molecule has 2 atom stereocenters. The molecule has 0 bridgehead atoms. The van der Waals surface area contributed by atoms with Gasteiger partial charge >= 0.3 is 0 Å². The normalized spacial score (nSPS) is 17.0. The molecule has 0 aliphatic carbocycles. The number of amides is 2. The molecule has 2 heterocycles. The third kappa shape index (κ3) is 4.77. The van der Waals surface area contributed by atoms with Gasteiger partial charge in [0.15, 0.2) is 0 Å². The Morgan fingerprint density at radius 1 is 1.17 bits per heavy atom. The van der Waals surface area contributed by atoms with Crippen LogP contribution in [0.5, 0.6) is 0 Å². The highest BCUT2D eigenvalue weighted by atomic mass is 32.1. The third-order valence-electron chi connectivity index (χ3n) is 6.10. The molecule has 1 aliphatic rings. The molecule has 0 unspecified atom stereocenters. The van der Waals surface area contributed by atoms with E-state index in [4.69, 9.17) is 0 Å². The first-order chi connectivity index (χ1) is 14.3. The van der Waals surface area contributed by atoms with Crippen molar-refractivity contribution in [2.45, 2.75) is 66.0 Å². The van der Waals surface area contributed by atoms with E-state index in [9.17, 15) is 9.59 Å². The fourth-order valence-corrected chi connectivity index (χ4v) is 5.13. The number of carbonyl (C=O) groups excluding carboxylic acids is 2. The van der Waals surface area contributed by atoms with Crippen LogP contribution in [-0.2, 0) is 16.0 Å². The van der Waals surface area contributed by atoms with Crippen molar-refractivity contribution in [1.82, 2.24) is 9.80 Å². The van der Waals surface area contributed by atoms with Gasteiger partial charge in [-0.3, -0.25) is 9.59 Å². The van der Waals surface area contributed by atoms with Gasteiger partial charge < -0.3 is 9.80 Å². The van der Waals surface area contributed by atoms with E-state index >= 15 is 0 Å². The zero-order valence-corrected chi connectivity index (χ0v) is 19.7. The molecule has 1 aromatic heterocycles. The Kier molecular flexibility index (Phi) is 7.35. The second-order valence-electron chi connectivity index (χ2n) is 8.77. The largest absolute Gasteiger partial charge is 0.331 e. The number of thiophene rings is 1. The van der Waals surface area contributed by atoms with E-state index in [1.807, 2.05) is 37.8 Å². The summed E-state index contributed by atoms with van der Waals surface area (Å²) in [6.45, 7) is 11.2. The van der Waals surface area contributed by atoms with Crippen LogP contribution < -0.4 is 0 Å². The lowest BCUT2D eigenvalue weighted by Gasteiger charge is -2.39. The summed E-state index contributed by atoms with van der Waals surface area (Å²) in [6.07, 6.45) is 2.20. The molecule has 0 saturated carbocycles. The van der Waals surface area contributed by atoms with Crippen LogP contribution in [0.25, 0.3) is 0 Å². The van der Waals surface area contributed by atoms with Crippen molar-refractivity contribution in [2.75, 3.05) is 13.1 Å². The van der Waals surface area contributed by atoms with E-state index in [1.54, 1.807) is 16.2 Å². The van der Waals surface area contributed by atoms with Gasteiger partial charge in [-0.1, -0.05) is 45.0 Å². The molecule has 0 N–H and O–H groups in total. The molecular formula is C25H34N2O2S. The molecule has 1 aromatic carbocycles. The number of hydrogen-bond acceptors (Lipinski definition) is 3. The van der Waals surface area contributed by atoms with Crippen molar-refractivity contribution in [1.29, 1.82) is 0 Å². The van der Waals surface area contributed by atoms with Crippen molar-refractivity contribution in [3.8, 4) is 0 Å². The second-order valence-corrected chi connectivity index (χ2v) is 9.77. The first kappa shape index (κ1) is 22.5. The van der Waals surface area contributed by atoms with E-state index in [0.29, 0.717) is 13.0 Å². The number of nitrogens with zero attached hydrogens (tertiary/aromatic N) is 2. The van der Waals surface area contributed by atoms with Gasteiger partial charge in [0.2, 0.25) is 11.8 Å². The van der Waals surface area contributed by atoms with Gasteiger partial charge in [-0.05, 0) is 60.7 Å². The van der Waals surface area contributed by atoms with Crippen LogP contribution >= 0.6 is 11.3 Å². The summed E-state index contributed by atoms with van der Waals surface area (Å²) in [4.78, 5) is 31.6. The van der Waals surface area contributed by atoms with Crippen molar-refractivity contribution in [2.24, 2.45) is 5.92 Å². The topological polar surface area (TPSA) is 40.6 Å². The molecule has 0 fully saturated rings. The maximum absolute atomic E-state index is 13.6. The Morgan fingerprint density at radius 2 is 1.90 bits per heavy atom. The highest BCUT2D eigenvalue weighted by Gasteiger charge is 2.35. The number of benzene rings is 1. The lowest BCUT2D eigenvalue weighted by Crippen LogP contribution is -2.49. The van der Waals surface area contributed by atoms with Gasteiger partial charge in [-0.25, -0.2) is 0 Å². The minimum atomic E-state index is -0.0762. The molecule has 0 spiro atoms. The Bertz CT molecular complexity index is 889. The summed E-state index contributed by atoms with van der Waals surface area (Å²) in [5.41, 5.74) is 3.60. The number of aryl methyl sites for hydroxylation is 1. The standard InChI is InChI=1S/C25H34N2O2S/c1-6-19(5)27(23(28)15-17(2)3)16-24(29)26-13-11-22-21(12-14-30-22)25(26)20-10-8-7-9-18(20)4/h7-10,12,14,17,19,25H,6,11,13,15-16H2,1-5H3/t19-,25+/m1/s1. The predicted molar refractivity (Wildman–Crippen MR) is 124 cm³/mol. The molecule has 4 nitrogen and oxygen atoms in total. The van der Waals surface area contributed by atoms with E-state index < -0.39 is 0 Å². The van der Waals surface area contributed by atoms with Crippen LogP contribution in [0.1, 0.15) is 68.1 Å². The van der Waals surface area contributed by atoms with Crippen LogP contribution in [0.3, 0.4) is 0 Å². The zero-order valence-electron chi connectivity index (χ0n) is 18.9. The minimum absolute atomic E-state index is 0.0394. The summed E-state index contributed by atoms with van der Waals surface area (Å²) in [6, 6.07) is 10.5. The molecule has 2 aromatic rings. The maximum Gasteiger partial charge on any atom is 0.243 e. The molecular weight excluding hydrogens is 392 g/mol. The van der Waals surface area contributed by atoms with E-state index in [1.165, 1.54) is 21.6 Å². The minimum Gasteiger partial charge on any atom is -0.331 e. The van der Waals surface area contributed by atoms with Crippen LogP contribution in [0, 0.1) is 12.8 Å². The summed E-state index contributed by atoms with van der Waals surface area (Å²) < 4.78 is 0. The Hall–Kier alpha value is -2.14. The Labute approximate surface area is 184 Å². The molecule has 5 heteroatoms. The number of fused-ring (bicyclic) bond motifs is 1. The molecule has 1 aliphatic heterocycles. The van der Waals surface area contributed by atoms with Gasteiger partial charge in [-0.2, -0.15) is 0 Å². The molecule has 162 valence electrons. The summed E-state index contributed by atoms with van der Waals surface area (Å²) in [5.74, 6) is 0.396. The summed E-state index contributed by atoms with van der Waals surface area (Å²) in [5, 5.41) is 2.13. The highest BCUT2D eigenvalue weighted by Crippen LogP contribution is 2.39. The van der Waals surface area contributed by atoms with E-state index in [0.717, 1.165) is 12.8 Å². The lowest BCUT2D eigenvalue weighted by atomic mass is 9.90. The van der Waals surface area contributed by atoms with Crippen molar-refractivity contribution < 1.29 is 9.59 Å². The average Bonchev–Trinajstić information content (AvgIpc) is 3.19. The van der Waals surface area contributed by atoms with Crippen molar-refractivity contribution in [3.63, 3.8) is 0 Å². The average molecular weight is 427 g/mol. The van der Waals surface area contributed by atoms with Gasteiger partial charge in [0, 0.05) is 23.9 Å². The quantitative estimate of drug-likeness (QED) is 0.610. The van der Waals surface area contributed by atoms with E-state index in [2.05, 4.69) is 37.4 Å². The first-order valence-electron chi connectivity index (χ1n) is 11.0. The van der Waals surface area contributed by atoms with Gasteiger partial charge in [0.1, 0.15) is 6.54 Å². The van der Waals surface area contributed by atoms with E-state index in [-0.39, 0.29) is 36.4 Å². The van der Waals surface area contributed by atoms with Crippen LogP contribution in [0.15, 0.2) is 35.7 Å². The highest BCUT2D eigenvalue weighted by molar-refractivity contribution is 7.10. The lowest BCUT2D eigenvalue weighted by molar-refractivity contribution is -0.144. The van der Waals surface area contributed by atoms with Crippen molar-refractivity contribution in [3.05, 3.63) is 57.3 Å². The molecule has 2 amide bonds. The predicted octanol–water partition coefficient (Wildman–Crippen LogP) is 5.20. The second kappa shape index (κ2) is 9.78. The van der Waals surface area contributed by atoms with Gasteiger partial charge in [0.25, 0.3) is 0 Å². The number of carbonyl (C=O) groups is 2. The molecule has 3 rings (SSSR count). The van der Waals surface area contributed by atoms with Crippen molar-refractivity contribution >= 4 is 23.2 Å². The Morgan fingerprint density at radius 3 is 2.57 bits per heavy atom. The maximum atomic E-state index is 13.6. The molecule has 0 saturated heterocycles. The fourth-order valence-electron chi connectivity index (χ4n) is 4.23. The monoisotopic (exact) mass is 426 g/mol. The number of rotatable bonds is 7. The number of hydrogen-bond donors (Lipinski definition) is 0. The van der Waals surface area contributed by atoms with Crippen LogP contribution in [-0.4, -0.2) is 40.7 Å². The van der Waals surface area contributed by atoms with Crippen LogP contribution in [0.2, 0.25) is 0 Å². The fraction of sp³-hybridized carbons (Fsp3) is 0.520. The zero-order chi connectivity index (χ0) is 21.8. The third-order valence-corrected chi connectivity index (χ3v) is 7.10. The van der Waals surface area contributed by atoms with Gasteiger partial charge in [0.05, 0.1) is 6.04 Å². The first-order valence-corrected chi connectivity index (χ1v) is 11.9. The van der Waals surface area contributed by atoms with Gasteiger partial charge in [-0.15, -0.1) is 11.3 Å². The Balaban J connectivity index is 1.91. The summed E-state index contributed by atoms with van der Waals surface area (Å²) >= 11 is 1.78. The SMILES string of the molecule is CC[C@@H](C)N(CC(=O)N1CCc2sccc2[C@@H]1c1ccccc1C)C(=O)CC(C)C. The van der Waals surface area contributed by atoms with Crippen LogP contribution in [0.4, 0.5) is 0 Å².